The van der Waals surface area contributed by atoms with Crippen LogP contribution in [0.25, 0.3) is 6.08 Å². The lowest BCUT2D eigenvalue weighted by Crippen LogP contribution is -2.33. The Hall–Kier alpha value is -2.81. The molecule has 1 saturated carbocycles. The van der Waals surface area contributed by atoms with Crippen LogP contribution >= 0.6 is 0 Å². The summed E-state index contributed by atoms with van der Waals surface area (Å²) in [4.78, 5) is 22.9. The fraction of sp³-hybridized carbons (Fsp3) is 0.312. The molecule has 114 valence electrons. The van der Waals surface area contributed by atoms with Crippen LogP contribution in [0.5, 0.6) is 5.75 Å². The van der Waals surface area contributed by atoms with E-state index in [4.69, 9.17) is 10.4 Å². The number of hydrogen-bond acceptors (Lipinski definition) is 4. The minimum atomic E-state index is -1.24. The van der Waals surface area contributed by atoms with Crippen molar-refractivity contribution in [3.05, 3.63) is 34.9 Å². The van der Waals surface area contributed by atoms with Crippen molar-refractivity contribution >= 4 is 18.0 Å². The van der Waals surface area contributed by atoms with Crippen LogP contribution in [0.4, 0.5) is 0 Å². The maximum atomic E-state index is 12.0. The van der Waals surface area contributed by atoms with Gasteiger partial charge in [0.1, 0.15) is 23.0 Å². The summed E-state index contributed by atoms with van der Waals surface area (Å²) in [5.74, 6) is -2.10. The molecule has 1 aliphatic carbocycles. The van der Waals surface area contributed by atoms with Gasteiger partial charge in [0.25, 0.3) is 5.91 Å². The minimum Gasteiger partial charge on any atom is -0.507 e. The van der Waals surface area contributed by atoms with E-state index in [1.165, 1.54) is 24.3 Å². The fourth-order valence-electron chi connectivity index (χ4n) is 2.47. The molecule has 1 aromatic carbocycles. The Morgan fingerprint density at radius 1 is 1.32 bits per heavy atom. The molecule has 0 radical (unpaired) electrons. The van der Waals surface area contributed by atoms with Gasteiger partial charge in [-0.2, -0.15) is 5.26 Å². The maximum Gasteiger partial charge on any atom is 0.339 e. The van der Waals surface area contributed by atoms with Crippen LogP contribution in [0, 0.1) is 11.3 Å². The van der Waals surface area contributed by atoms with E-state index in [1.807, 2.05) is 6.07 Å². The van der Waals surface area contributed by atoms with Crippen molar-refractivity contribution in [1.29, 1.82) is 5.26 Å². The van der Waals surface area contributed by atoms with Gasteiger partial charge in [-0.1, -0.05) is 18.9 Å². The minimum absolute atomic E-state index is 0.0747. The maximum absolute atomic E-state index is 12.0. The Kier molecular flexibility index (Phi) is 4.79. The normalized spacial score (nSPS) is 15.3. The largest absolute Gasteiger partial charge is 0.507 e. The molecule has 0 heterocycles. The van der Waals surface area contributed by atoms with Crippen LogP contribution in [0.3, 0.4) is 0 Å². The lowest BCUT2D eigenvalue weighted by molar-refractivity contribution is -0.117. The third-order valence-electron chi connectivity index (χ3n) is 3.62. The summed E-state index contributed by atoms with van der Waals surface area (Å²) in [5.41, 5.74) is 0.0843. The highest BCUT2D eigenvalue weighted by atomic mass is 16.4. The van der Waals surface area contributed by atoms with Crippen LogP contribution in [-0.2, 0) is 4.79 Å². The second-order valence-corrected chi connectivity index (χ2v) is 5.21. The van der Waals surface area contributed by atoms with Gasteiger partial charge in [0.05, 0.1) is 0 Å². The van der Waals surface area contributed by atoms with Gasteiger partial charge in [-0.3, -0.25) is 4.79 Å². The van der Waals surface area contributed by atoms with E-state index in [0.717, 1.165) is 25.7 Å². The lowest BCUT2D eigenvalue weighted by atomic mass is 10.1. The van der Waals surface area contributed by atoms with Gasteiger partial charge in [-0.15, -0.1) is 0 Å². The zero-order valence-electron chi connectivity index (χ0n) is 11.9. The van der Waals surface area contributed by atoms with E-state index >= 15 is 0 Å². The molecule has 6 heteroatoms. The number of rotatable bonds is 4. The summed E-state index contributed by atoms with van der Waals surface area (Å²) < 4.78 is 0. The molecule has 1 fully saturated rings. The van der Waals surface area contributed by atoms with E-state index in [0.29, 0.717) is 5.56 Å². The highest BCUT2D eigenvalue weighted by Gasteiger charge is 2.19. The molecule has 2 rings (SSSR count). The smallest absolute Gasteiger partial charge is 0.339 e. The third-order valence-corrected chi connectivity index (χ3v) is 3.62. The molecular weight excluding hydrogens is 284 g/mol. The van der Waals surface area contributed by atoms with Gasteiger partial charge >= 0.3 is 5.97 Å². The molecule has 0 spiro atoms. The molecule has 3 N–H and O–H groups in total. The van der Waals surface area contributed by atoms with Crippen molar-refractivity contribution in [2.24, 2.45) is 0 Å². The van der Waals surface area contributed by atoms with E-state index in [2.05, 4.69) is 5.32 Å². The summed E-state index contributed by atoms with van der Waals surface area (Å²) in [6.45, 7) is 0. The zero-order valence-corrected chi connectivity index (χ0v) is 11.9. The molecule has 1 amide bonds. The van der Waals surface area contributed by atoms with Gasteiger partial charge in [0.2, 0.25) is 0 Å². The molecule has 22 heavy (non-hydrogen) atoms. The van der Waals surface area contributed by atoms with Gasteiger partial charge < -0.3 is 15.5 Å². The van der Waals surface area contributed by atoms with Crippen LogP contribution in [-0.4, -0.2) is 28.1 Å². The number of phenols is 1. The summed E-state index contributed by atoms with van der Waals surface area (Å²) in [6, 6.07) is 5.81. The monoisotopic (exact) mass is 300 g/mol. The quantitative estimate of drug-likeness (QED) is 0.582. The van der Waals surface area contributed by atoms with Crippen molar-refractivity contribution in [2.75, 3.05) is 0 Å². The van der Waals surface area contributed by atoms with Gasteiger partial charge in [-0.25, -0.2) is 4.79 Å². The molecule has 0 unspecified atom stereocenters. The zero-order chi connectivity index (χ0) is 16.1. The van der Waals surface area contributed by atoms with Crippen molar-refractivity contribution in [1.82, 2.24) is 5.32 Å². The fourth-order valence-corrected chi connectivity index (χ4v) is 2.47. The Morgan fingerprint density at radius 3 is 2.55 bits per heavy atom. The first-order chi connectivity index (χ1) is 10.5. The van der Waals surface area contributed by atoms with Crippen LogP contribution < -0.4 is 5.32 Å². The average Bonchev–Trinajstić information content (AvgIpc) is 2.97. The highest BCUT2D eigenvalue weighted by molar-refractivity contribution is 6.02. The SMILES string of the molecule is N#CC(=Cc1ccc(C(=O)O)c(O)c1)C(=O)NC1CCCC1. The Balaban J connectivity index is 2.17. The Bertz CT molecular complexity index is 667. The summed E-state index contributed by atoms with van der Waals surface area (Å²) in [5, 5.41) is 30.4. The number of carboxylic acid groups (broad SMARTS) is 1. The summed E-state index contributed by atoms with van der Waals surface area (Å²) in [6.07, 6.45) is 5.30. The Labute approximate surface area is 127 Å². The number of carbonyl (C=O) groups is 2. The second-order valence-electron chi connectivity index (χ2n) is 5.21. The lowest BCUT2D eigenvalue weighted by Gasteiger charge is -2.11. The number of aromatic carboxylic acids is 1. The standard InChI is InChI=1S/C16H16N2O4/c17-9-11(15(20)18-12-3-1-2-4-12)7-10-5-6-13(16(21)22)14(19)8-10/h5-8,12,19H,1-4H2,(H,18,20)(H,21,22). The first kappa shape index (κ1) is 15.6. The van der Waals surface area contributed by atoms with Gasteiger partial charge in [0, 0.05) is 6.04 Å². The van der Waals surface area contributed by atoms with Gasteiger partial charge in [-0.05, 0) is 36.6 Å². The van der Waals surface area contributed by atoms with Crippen molar-refractivity contribution in [3.63, 3.8) is 0 Å². The van der Waals surface area contributed by atoms with E-state index in [9.17, 15) is 14.7 Å². The predicted octanol–water partition coefficient (Wildman–Crippen LogP) is 2.06. The molecule has 0 aliphatic heterocycles. The summed E-state index contributed by atoms with van der Waals surface area (Å²) >= 11 is 0. The van der Waals surface area contributed by atoms with Crippen molar-refractivity contribution in [3.8, 4) is 11.8 Å². The van der Waals surface area contributed by atoms with Crippen LogP contribution in [0.1, 0.15) is 41.6 Å². The molecule has 6 nitrogen and oxygen atoms in total. The van der Waals surface area contributed by atoms with Crippen molar-refractivity contribution < 1.29 is 19.8 Å². The average molecular weight is 300 g/mol. The number of carbonyl (C=O) groups excluding carboxylic acids is 1. The number of hydrogen-bond donors (Lipinski definition) is 3. The molecule has 1 aromatic rings. The predicted molar refractivity (Wildman–Crippen MR) is 79.1 cm³/mol. The van der Waals surface area contributed by atoms with E-state index in [-0.39, 0.29) is 17.2 Å². The molecule has 0 aromatic heterocycles. The molecular formula is C16H16N2O4. The van der Waals surface area contributed by atoms with Gasteiger partial charge in [0.15, 0.2) is 0 Å². The van der Waals surface area contributed by atoms with Crippen LogP contribution in [0.15, 0.2) is 23.8 Å². The molecule has 1 aliphatic rings. The highest BCUT2D eigenvalue weighted by Crippen LogP contribution is 2.21. The summed E-state index contributed by atoms with van der Waals surface area (Å²) in [7, 11) is 0. The number of aromatic hydroxyl groups is 1. The number of benzene rings is 1. The number of amides is 1. The molecule has 0 atom stereocenters. The van der Waals surface area contributed by atoms with E-state index in [1.54, 1.807) is 0 Å². The number of nitriles is 1. The van der Waals surface area contributed by atoms with E-state index < -0.39 is 17.6 Å². The second kappa shape index (κ2) is 6.76. The number of nitrogens with zero attached hydrogens (tertiary/aromatic N) is 1. The first-order valence-electron chi connectivity index (χ1n) is 7.00. The number of carboxylic acids is 1. The molecule has 0 saturated heterocycles. The first-order valence-corrected chi connectivity index (χ1v) is 7.00. The Morgan fingerprint density at radius 2 is 2.00 bits per heavy atom. The van der Waals surface area contributed by atoms with Crippen LogP contribution in [0.2, 0.25) is 0 Å². The topological polar surface area (TPSA) is 110 Å². The molecule has 0 bridgehead atoms. The van der Waals surface area contributed by atoms with Crippen molar-refractivity contribution in [2.45, 2.75) is 31.7 Å². The number of nitrogens with one attached hydrogen (secondary N) is 1. The third kappa shape index (κ3) is 3.64.